The molecule has 0 saturated carbocycles. The first-order valence-electron chi connectivity index (χ1n) is 6.00. The number of nitrogens with one attached hydrogen (secondary N) is 1. The van der Waals surface area contributed by atoms with E-state index in [1.807, 2.05) is 11.8 Å². The fourth-order valence-corrected chi connectivity index (χ4v) is 3.52. The molecule has 94 valence electrons. The number of amidine groups is 1. The van der Waals surface area contributed by atoms with Crippen LogP contribution in [0.15, 0.2) is 4.99 Å². The van der Waals surface area contributed by atoms with Crippen molar-refractivity contribution in [2.24, 2.45) is 10.4 Å². The Hall–Kier alpha value is -0.180. The summed E-state index contributed by atoms with van der Waals surface area (Å²) in [6.45, 7) is 15.7. The van der Waals surface area contributed by atoms with Gasteiger partial charge in [-0.25, -0.2) is 0 Å². The van der Waals surface area contributed by atoms with E-state index < -0.39 is 0 Å². The van der Waals surface area contributed by atoms with E-state index in [0.717, 1.165) is 17.3 Å². The fourth-order valence-electron chi connectivity index (χ4n) is 2.31. The summed E-state index contributed by atoms with van der Waals surface area (Å²) in [4.78, 5) is 4.70. The van der Waals surface area contributed by atoms with Gasteiger partial charge in [0.2, 0.25) is 0 Å². The Morgan fingerprint density at radius 3 is 2.19 bits per heavy atom. The second-order valence-corrected chi connectivity index (χ2v) is 8.23. The van der Waals surface area contributed by atoms with E-state index in [2.05, 4.69) is 53.8 Å². The molecule has 1 heterocycles. The molecule has 0 radical (unpaired) electrons. The van der Waals surface area contributed by atoms with Gasteiger partial charge in [-0.3, -0.25) is 4.99 Å². The van der Waals surface area contributed by atoms with Crippen LogP contribution in [0.25, 0.3) is 0 Å². The Kier molecular flexibility index (Phi) is 3.68. The third kappa shape index (κ3) is 4.77. The van der Waals surface area contributed by atoms with Gasteiger partial charge in [-0.1, -0.05) is 32.5 Å². The average Bonchev–Trinajstić information content (AvgIpc) is 2.22. The topological polar surface area (TPSA) is 24.4 Å². The first-order chi connectivity index (χ1) is 6.99. The zero-order valence-electron chi connectivity index (χ0n) is 11.8. The molecule has 0 atom stereocenters. The van der Waals surface area contributed by atoms with Crippen LogP contribution in [-0.2, 0) is 0 Å². The summed E-state index contributed by atoms with van der Waals surface area (Å²) < 4.78 is 0. The molecule has 0 spiro atoms. The SMILES string of the molecule is CC(C)(C)CC(C)(C)NC1=NC(C)(C)CS1. The number of thioether (sulfide) groups is 1. The molecule has 0 saturated heterocycles. The third-order valence-electron chi connectivity index (χ3n) is 2.38. The minimum Gasteiger partial charge on any atom is -0.360 e. The smallest absolute Gasteiger partial charge is 0.157 e. The van der Waals surface area contributed by atoms with E-state index in [0.29, 0.717) is 5.41 Å². The van der Waals surface area contributed by atoms with Gasteiger partial charge < -0.3 is 5.32 Å². The zero-order chi connectivity index (χ0) is 12.6. The van der Waals surface area contributed by atoms with Gasteiger partial charge in [-0.2, -0.15) is 0 Å². The molecule has 2 nitrogen and oxygen atoms in total. The highest BCUT2D eigenvalue weighted by Gasteiger charge is 2.31. The number of hydrogen-bond donors (Lipinski definition) is 1. The highest BCUT2D eigenvalue weighted by Crippen LogP contribution is 2.30. The van der Waals surface area contributed by atoms with Crippen molar-refractivity contribution in [3.63, 3.8) is 0 Å². The summed E-state index contributed by atoms with van der Waals surface area (Å²) in [7, 11) is 0. The Balaban J connectivity index is 2.61. The summed E-state index contributed by atoms with van der Waals surface area (Å²) in [5, 5.41) is 4.69. The number of rotatable bonds is 2. The lowest BCUT2D eigenvalue weighted by Gasteiger charge is -2.33. The molecule has 0 bridgehead atoms. The molecule has 1 aliphatic heterocycles. The lowest BCUT2D eigenvalue weighted by molar-refractivity contribution is 0.268. The van der Waals surface area contributed by atoms with Gasteiger partial charge in [-0.05, 0) is 39.5 Å². The van der Waals surface area contributed by atoms with Crippen molar-refractivity contribution in [1.29, 1.82) is 0 Å². The summed E-state index contributed by atoms with van der Waals surface area (Å²) in [6, 6.07) is 0. The van der Waals surface area contributed by atoms with Gasteiger partial charge in [0.25, 0.3) is 0 Å². The largest absolute Gasteiger partial charge is 0.360 e. The van der Waals surface area contributed by atoms with E-state index in [-0.39, 0.29) is 11.1 Å². The van der Waals surface area contributed by atoms with Crippen molar-refractivity contribution in [2.75, 3.05) is 5.75 Å². The summed E-state index contributed by atoms with van der Waals surface area (Å²) in [5.74, 6) is 1.08. The van der Waals surface area contributed by atoms with Crippen molar-refractivity contribution < 1.29 is 0 Å². The van der Waals surface area contributed by atoms with E-state index in [4.69, 9.17) is 4.99 Å². The highest BCUT2D eigenvalue weighted by atomic mass is 32.2. The maximum absolute atomic E-state index is 4.70. The van der Waals surface area contributed by atoms with Crippen LogP contribution in [0.2, 0.25) is 0 Å². The van der Waals surface area contributed by atoms with Crippen molar-refractivity contribution >= 4 is 16.9 Å². The van der Waals surface area contributed by atoms with Crippen molar-refractivity contribution in [1.82, 2.24) is 5.32 Å². The number of nitrogens with zero attached hydrogens (tertiary/aromatic N) is 1. The molecule has 1 rings (SSSR count). The lowest BCUT2D eigenvalue weighted by Crippen LogP contribution is -2.44. The second kappa shape index (κ2) is 4.25. The molecule has 1 aliphatic rings. The molecule has 0 unspecified atom stereocenters. The van der Waals surface area contributed by atoms with Gasteiger partial charge in [0, 0.05) is 11.3 Å². The maximum atomic E-state index is 4.70. The first kappa shape index (κ1) is 13.9. The molecule has 0 aromatic heterocycles. The molecule has 1 N–H and O–H groups in total. The minimum absolute atomic E-state index is 0.102. The molecular formula is C13H26N2S. The molecule has 0 aromatic carbocycles. The average molecular weight is 242 g/mol. The molecular weight excluding hydrogens is 216 g/mol. The normalized spacial score (nSPS) is 20.8. The van der Waals surface area contributed by atoms with Crippen LogP contribution in [0, 0.1) is 5.41 Å². The monoisotopic (exact) mass is 242 g/mol. The summed E-state index contributed by atoms with van der Waals surface area (Å²) in [6.07, 6.45) is 1.14. The molecule has 0 aromatic rings. The molecule has 0 fully saturated rings. The van der Waals surface area contributed by atoms with E-state index >= 15 is 0 Å². The Bertz CT molecular complexity index is 285. The van der Waals surface area contributed by atoms with Gasteiger partial charge in [-0.15, -0.1) is 0 Å². The Morgan fingerprint density at radius 2 is 1.81 bits per heavy atom. The molecule has 16 heavy (non-hydrogen) atoms. The van der Waals surface area contributed by atoms with Crippen LogP contribution in [0.5, 0.6) is 0 Å². The number of hydrogen-bond acceptors (Lipinski definition) is 3. The minimum atomic E-state index is 0.102. The predicted molar refractivity (Wildman–Crippen MR) is 75.3 cm³/mol. The zero-order valence-corrected chi connectivity index (χ0v) is 12.6. The van der Waals surface area contributed by atoms with Crippen LogP contribution in [0.1, 0.15) is 54.9 Å². The van der Waals surface area contributed by atoms with Crippen LogP contribution in [-0.4, -0.2) is 22.0 Å². The number of aliphatic imine (C=N–C) groups is 1. The van der Waals surface area contributed by atoms with Gasteiger partial charge in [0.05, 0.1) is 5.54 Å². The maximum Gasteiger partial charge on any atom is 0.157 e. The van der Waals surface area contributed by atoms with Crippen LogP contribution >= 0.6 is 11.8 Å². The quantitative estimate of drug-likeness (QED) is 0.799. The Labute approximate surface area is 105 Å². The van der Waals surface area contributed by atoms with Crippen LogP contribution < -0.4 is 5.32 Å². The van der Waals surface area contributed by atoms with E-state index in [1.54, 1.807) is 0 Å². The van der Waals surface area contributed by atoms with Crippen molar-refractivity contribution in [3.8, 4) is 0 Å². The summed E-state index contributed by atoms with van der Waals surface area (Å²) in [5.41, 5.74) is 0.561. The van der Waals surface area contributed by atoms with Gasteiger partial charge in [0.1, 0.15) is 0 Å². The lowest BCUT2D eigenvalue weighted by atomic mass is 9.82. The molecule has 0 aliphatic carbocycles. The summed E-state index contributed by atoms with van der Waals surface area (Å²) >= 11 is 1.84. The highest BCUT2D eigenvalue weighted by molar-refractivity contribution is 8.14. The van der Waals surface area contributed by atoms with Gasteiger partial charge >= 0.3 is 0 Å². The van der Waals surface area contributed by atoms with E-state index in [9.17, 15) is 0 Å². The van der Waals surface area contributed by atoms with Gasteiger partial charge in [0.15, 0.2) is 5.17 Å². The molecule has 0 amide bonds. The second-order valence-electron chi connectivity index (χ2n) is 7.26. The Morgan fingerprint density at radius 1 is 1.25 bits per heavy atom. The first-order valence-corrected chi connectivity index (χ1v) is 6.99. The standard InChI is InChI=1S/C13H26N2S/c1-11(2,3)8-12(4,5)14-10-15-13(6,7)9-16-10/h8-9H2,1-7H3,(H,14,15). The van der Waals surface area contributed by atoms with Crippen LogP contribution in [0.3, 0.4) is 0 Å². The van der Waals surface area contributed by atoms with Crippen molar-refractivity contribution in [2.45, 2.75) is 66.0 Å². The van der Waals surface area contributed by atoms with Crippen molar-refractivity contribution in [3.05, 3.63) is 0 Å². The van der Waals surface area contributed by atoms with Crippen LogP contribution in [0.4, 0.5) is 0 Å². The molecule has 3 heteroatoms. The predicted octanol–water partition coefficient (Wildman–Crippen LogP) is 3.67. The fraction of sp³-hybridized carbons (Fsp3) is 0.923. The van der Waals surface area contributed by atoms with E-state index in [1.165, 1.54) is 0 Å². The third-order valence-corrected chi connectivity index (χ3v) is 3.70.